The molecule has 2 rings (SSSR count). The van der Waals surface area contributed by atoms with Crippen molar-refractivity contribution in [1.29, 1.82) is 0 Å². The van der Waals surface area contributed by atoms with Crippen molar-refractivity contribution in [3.8, 4) is 5.75 Å². The number of aryl methyl sites for hydroxylation is 1. The van der Waals surface area contributed by atoms with Crippen LogP contribution in [0.25, 0.3) is 0 Å². The molecule has 0 amide bonds. The highest BCUT2D eigenvalue weighted by Crippen LogP contribution is 2.17. The molecule has 28 heavy (non-hydrogen) atoms. The van der Waals surface area contributed by atoms with Gasteiger partial charge in [-0.3, -0.25) is 0 Å². The molecule has 0 atom stereocenters. The fourth-order valence-electron chi connectivity index (χ4n) is 2.77. The van der Waals surface area contributed by atoms with E-state index in [1.54, 1.807) is 24.4 Å². The van der Waals surface area contributed by atoms with Crippen LogP contribution < -0.4 is 4.74 Å². The standard InChI is InChI=1S/C24H29FN2O/c1-3-5-6-7-8-9-20-10-12-21(13-11-20)18-26-27-19-22-14-15-24(23(25)17-22)28-16-4-2/h4,10-15,17-19H,2-3,5-9,16H2,1H3. The van der Waals surface area contributed by atoms with Crippen molar-refractivity contribution >= 4 is 12.4 Å². The molecule has 0 aliphatic carbocycles. The minimum absolute atomic E-state index is 0.200. The third kappa shape index (κ3) is 7.87. The maximum absolute atomic E-state index is 13.9. The molecule has 0 fully saturated rings. The molecule has 0 saturated heterocycles. The lowest BCUT2D eigenvalue weighted by atomic mass is 10.0. The largest absolute Gasteiger partial charge is 0.486 e. The fourth-order valence-corrected chi connectivity index (χ4v) is 2.77. The first-order chi connectivity index (χ1) is 13.7. The maximum Gasteiger partial charge on any atom is 0.165 e. The molecule has 0 bridgehead atoms. The second-order valence-electron chi connectivity index (χ2n) is 6.68. The van der Waals surface area contributed by atoms with Gasteiger partial charge >= 0.3 is 0 Å². The number of ether oxygens (including phenoxy) is 1. The van der Waals surface area contributed by atoms with Gasteiger partial charge in [-0.2, -0.15) is 10.2 Å². The van der Waals surface area contributed by atoms with Crippen LogP contribution in [0.15, 0.2) is 65.3 Å². The molecule has 0 unspecified atom stereocenters. The van der Waals surface area contributed by atoms with Gasteiger partial charge in [0.05, 0.1) is 12.4 Å². The molecule has 2 aromatic rings. The van der Waals surface area contributed by atoms with Gasteiger partial charge in [0.25, 0.3) is 0 Å². The van der Waals surface area contributed by atoms with E-state index in [-0.39, 0.29) is 12.4 Å². The van der Waals surface area contributed by atoms with Crippen molar-refractivity contribution in [2.45, 2.75) is 45.4 Å². The van der Waals surface area contributed by atoms with Crippen molar-refractivity contribution in [1.82, 2.24) is 0 Å². The third-order valence-corrected chi connectivity index (χ3v) is 4.34. The summed E-state index contributed by atoms with van der Waals surface area (Å²) >= 11 is 0. The molecule has 0 heterocycles. The Morgan fingerprint density at radius 1 is 0.929 bits per heavy atom. The molecule has 0 aliphatic heterocycles. The van der Waals surface area contributed by atoms with Crippen LogP contribution in [-0.4, -0.2) is 19.0 Å². The lowest BCUT2D eigenvalue weighted by molar-refractivity contribution is 0.342. The van der Waals surface area contributed by atoms with E-state index in [1.165, 1.54) is 49.9 Å². The first kappa shape index (κ1) is 21.5. The predicted octanol–water partition coefficient (Wildman–Crippen LogP) is 6.36. The highest BCUT2D eigenvalue weighted by Gasteiger charge is 2.02. The average molecular weight is 381 g/mol. The van der Waals surface area contributed by atoms with Crippen LogP contribution in [-0.2, 0) is 6.42 Å². The zero-order chi connectivity index (χ0) is 20.0. The molecule has 2 aromatic carbocycles. The molecule has 0 N–H and O–H groups in total. The summed E-state index contributed by atoms with van der Waals surface area (Å²) in [7, 11) is 0. The predicted molar refractivity (Wildman–Crippen MR) is 116 cm³/mol. The van der Waals surface area contributed by atoms with Crippen LogP contribution in [0.5, 0.6) is 5.75 Å². The monoisotopic (exact) mass is 380 g/mol. The summed E-state index contributed by atoms with van der Waals surface area (Å²) in [5.74, 6) is -0.230. The molecular formula is C24H29FN2O. The molecule has 148 valence electrons. The van der Waals surface area contributed by atoms with Crippen LogP contribution in [0.4, 0.5) is 4.39 Å². The lowest BCUT2D eigenvalue weighted by Crippen LogP contribution is -1.96. The minimum Gasteiger partial charge on any atom is -0.486 e. The highest BCUT2D eigenvalue weighted by atomic mass is 19.1. The minimum atomic E-state index is -0.430. The number of rotatable bonds is 12. The Bertz CT molecular complexity index is 782. The van der Waals surface area contributed by atoms with E-state index >= 15 is 0 Å². The zero-order valence-corrected chi connectivity index (χ0v) is 16.6. The molecule has 0 saturated carbocycles. The summed E-state index contributed by atoms with van der Waals surface area (Å²) < 4.78 is 19.1. The van der Waals surface area contributed by atoms with Crippen LogP contribution in [0.3, 0.4) is 0 Å². The van der Waals surface area contributed by atoms with E-state index in [9.17, 15) is 4.39 Å². The number of unbranched alkanes of at least 4 members (excludes halogenated alkanes) is 4. The first-order valence-electron chi connectivity index (χ1n) is 9.91. The van der Waals surface area contributed by atoms with Gasteiger partial charge in [0.15, 0.2) is 11.6 Å². The van der Waals surface area contributed by atoms with E-state index in [0.29, 0.717) is 5.56 Å². The fraction of sp³-hybridized carbons (Fsp3) is 0.333. The van der Waals surface area contributed by atoms with E-state index in [2.05, 4.69) is 35.8 Å². The Morgan fingerprint density at radius 3 is 2.29 bits per heavy atom. The maximum atomic E-state index is 13.9. The van der Waals surface area contributed by atoms with Gasteiger partial charge in [0.2, 0.25) is 0 Å². The second-order valence-corrected chi connectivity index (χ2v) is 6.68. The zero-order valence-electron chi connectivity index (χ0n) is 16.6. The van der Waals surface area contributed by atoms with E-state index in [4.69, 9.17) is 4.74 Å². The summed E-state index contributed by atoms with van der Waals surface area (Å²) in [4.78, 5) is 0. The van der Waals surface area contributed by atoms with Crippen LogP contribution in [0.1, 0.15) is 55.7 Å². The van der Waals surface area contributed by atoms with E-state index < -0.39 is 5.82 Å². The van der Waals surface area contributed by atoms with Gasteiger partial charge in [0, 0.05) is 0 Å². The van der Waals surface area contributed by atoms with Gasteiger partial charge in [-0.25, -0.2) is 4.39 Å². The molecule has 0 aliphatic rings. The van der Waals surface area contributed by atoms with Gasteiger partial charge in [0.1, 0.15) is 6.61 Å². The summed E-state index contributed by atoms with van der Waals surface area (Å²) in [5, 5.41) is 8.03. The summed E-state index contributed by atoms with van der Waals surface area (Å²) in [6.45, 7) is 6.05. The van der Waals surface area contributed by atoms with Crippen molar-refractivity contribution in [3.63, 3.8) is 0 Å². The summed E-state index contributed by atoms with van der Waals surface area (Å²) in [6.07, 6.45) is 12.4. The Hall–Kier alpha value is -2.75. The molecule has 0 spiro atoms. The highest BCUT2D eigenvalue weighted by molar-refractivity contribution is 5.82. The third-order valence-electron chi connectivity index (χ3n) is 4.34. The van der Waals surface area contributed by atoms with Gasteiger partial charge in [-0.05, 0) is 47.7 Å². The van der Waals surface area contributed by atoms with Crippen LogP contribution in [0.2, 0.25) is 0 Å². The first-order valence-corrected chi connectivity index (χ1v) is 9.91. The van der Waals surface area contributed by atoms with Crippen molar-refractivity contribution in [3.05, 3.63) is 77.6 Å². The van der Waals surface area contributed by atoms with Crippen molar-refractivity contribution in [2.75, 3.05) is 6.61 Å². The van der Waals surface area contributed by atoms with Gasteiger partial charge in [-0.1, -0.05) is 69.5 Å². The van der Waals surface area contributed by atoms with Crippen molar-refractivity contribution < 1.29 is 9.13 Å². The summed E-state index contributed by atoms with van der Waals surface area (Å²) in [5.41, 5.74) is 2.97. The number of hydrogen-bond donors (Lipinski definition) is 0. The topological polar surface area (TPSA) is 34.0 Å². The summed E-state index contributed by atoms with van der Waals surface area (Å²) in [6, 6.07) is 13.1. The molecule has 3 nitrogen and oxygen atoms in total. The number of halogens is 1. The van der Waals surface area contributed by atoms with Gasteiger partial charge in [-0.15, -0.1) is 0 Å². The van der Waals surface area contributed by atoms with Crippen LogP contribution in [0, 0.1) is 5.82 Å². The normalized spacial score (nSPS) is 11.4. The Morgan fingerprint density at radius 2 is 1.61 bits per heavy atom. The smallest absolute Gasteiger partial charge is 0.165 e. The SMILES string of the molecule is C=CCOc1ccc(C=NN=Cc2ccc(CCCCCCC)cc2)cc1F. The number of hydrogen-bond acceptors (Lipinski definition) is 3. The van der Waals surface area contributed by atoms with Crippen LogP contribution >= 0.6 is 0 Å². The number of nitrogens with zero attached hydrogens (tertiary/aromatic N) is 2. The number of benzene rings is 2. The second kappa shape index (κ2) is 12.6. The van der Waals surface area contributed by atoms with E-state index in [0.717, 1.165) is 12.0 Å². The molecule has 4 heteroatoms. The lowest BCUT2D eigenvalue weighted by Gasteiger charge is -2.04. The Balaban J connectivity index is 1.81. The Kier molecular flexibility index (Phi) is 9.70. The molecule has 0 aromatic heterocycles. The van der Waals surface area contributed by atoms with Gasteiger partial charge < -0.3 is 4.74 Å². The quantitative estimate of drug-likeness (QED) is 0.183. The molecule has 0 radical (unpaired) electrons. The Labute approximate surface area is 167 Å². The van der Waals surface area contributed by atoms with E-state index in [1.807, 2.05) is 12.1 Å². The van der Waals surface area contributed by atoms with Crippen molar-refractivity contribution in [2.24, 2.45) is 10.2 Å². The molecular weight excluding hydrogens is 351 g/mol. The average Bonchev–Trinajstić information content (AvgIpc) is 2.71.